The summed E-state index contributed by atoms with van der Waals surface area (Å²) in [6, 6.07) is 5.62. The number of aliphatic carboxylic acids is 1. The summed E-state index contributed by atoms with van der Waals surface area (Å²) < 4.78 is 0. The van der Waals surface area contributed by atoms with E-state index in [1.807, 2.05) is 12.1 Å². The van der Waals surface area contributed by atoms with Gasteiger partial charge in [0.25, 0.3) is 0 Å². The largest absolute Gasteiger partial charge is 0.481 e. The fourth-order valence-electron chi connectivity index (χ4n) is 2.69. The van der Waals surface area contributed by atoms with Crippen LogP contribution in [0.1, 0.15) is 37.3 Å². The molecule has 1 unspecified atom stereocenters. The number of aryl methyl sites for hydroxylation is 1. The van der Waals surface area contributed by atoms with Crippen LogP contribution < -0.4 is 10.6 Å². The van der Waals surface area contributed by atoms with Gasteiger partial charge in [0.1, 0.15) is 0 Å². The second-order valence-corrected chi connectivity index (χ2v) is 5.43. The van der Waals surface area contributed by atoms with Gasteiger partial charge in [-0.15, -0.1) is 0 Å². The van der Waals surface area contributed by atoms with Gasteiger partial charge >= 0.3 is 12.0 Å². The highest BCUT2D eigenvalue weighted by Crippen LogP contribution is 2.27. The normalized spacial score (nSPS) is 14.9. The molecule has 0 aromatic heterocycles. The Labute approximate surface area is 124 Å². The summed E-state index contributed by atoms with van der Waals surface area (Å²) in [4.78, 5) is 22.8. The molecule has 0 saturated heterocycles. The quantitative estimate of drug-likeness (QED) is 0.780. The molecular weight excluding hydrogens is 268 g/mol. The van der Waals surface area contributed by atoms with Crippen molar-refractivity contribution in [1.82, 2.24) is 5.32 Å². The molecule has 0 heterocycles. The zero-order valence-electron chi connectivity index (χ0n) is 12.3. The van der Waals surface area contributed by atoms with Gasteiger partial charge in [0.05, 0.1) is 5.92 Å². The minimum absolute atomic E-state index is 0.146. The van der Waals surface area contributed by atoms with Crippen molar-refractivity contribution >= 4 is 17.7 Å². The minimum atomic E-state index is -0.880. The van der Waals surface area contributed by atoms with Gasteiger partial charge in [-0.25, -0.2) is 4.79 Å². The number of carbonyl (C=O) groups excluding carboxylic acids is 1. The zero-order valence-corrected chi connectivity index (χ0v) is 12.3. The Balaban J connectivity index is 1.95. The molecule has 21 heavy (non-hydrogen) atoms. The van der Waals surface area contributed by atoms with Crippen molar-refractivity contribution in [2.45, 2.75) is 39.0 Å². The van der Waals surface area contributed by atoms with Crippen LogP contribution in [0.15, 0.2) is 18.2 Å². The van der Waals surface area contributed by atoms with Crippen molar-refractivity contribution in [3.05, 3.63) is 29.3 Å². The van der Waals surface area contributed by atoms with Crippen molar-refractivity contribution in [3.63, 3.8) is 0 Å². The van der Waals surface area contributed by atoms with Gasteiger partial charge in [0.2, 0.25) is 0 Å². The summed E-state index contributed by atoms with van der Waals surface area (Å²) in [6.45, 7) is 1.94. The lowest BCUT2D eigenvalue weighted by Gasteiger charge is -2.20. The molecule has 1 aromatic carbocycles. The Morgan fingerprint density at radius 3 is 2.76 bits per heavy atom. The lowest BCUT2D eigenvalue weighted by molar-refractivity contribution is -0.141. The first kappa shape index (κ1) is 15.4. The van der Waals surface area contributed by atoms with Crippen LogP contribution in [-0.2, 0) is 17.6 Å². The summed E-state index contributed by atoms with van der Waals surface area (Å²) in [6.07, 6.45) is 4.88. The number of benzene rings is 1. The van der Waals surface area contributed by atoms with Crippen molar-refractivity contribution in [3.8, 4) is 0 Å². The number of urea groups is 1. The third-order valence-corrected chi connectivity index (χ3v) is 4.00. The maximum atomic E-state index is 11.9. The van der Waals surface area contributed by atoms with Gasteiger partial charge in [-0.3, -0.25) is 4.79 Å². The van der Waals surface area contributed by atoms with Gasteiger partial charge in [0.15, 0.2) is 0 Å². The summed E-state index contributed by atoms with van der Waals surface area (Å²) in [5.41, 5.74) is 3.35. The van der Waals surface area contributed by atoms with E-state index in [1.54, 1.807) is 6.92 Å². The average Bonchev–Trinajstić information content (AvgIpc) is 2.48. The maximum absolute atomic E-state index is 11.9. The van der Waals surface area contributed by atoms with Gasteiger partial charge in [-0.05, 0) is 49.3 Å². The molecule has 2 rings (SSSR count). The van der Waals surface area contributed by atoms with Crippen molar-refractivity contribution in [1.29, 1.82) is 0 Å². The predicted octanol–water partition coefficient (Wildman–Crippen LogP) is 2.80. The van der Waals surface area contributed by atoms with Crippen molar-refractivity contribution in [2.24, 2.45) is 5.92 Å². The minimum Gasteiger partial charge on any atom is -0.481 e. The van der Waals surface area contributed by atoms with E-state index < -0.39 is 11.9 Å². The molecule has 0 fully saturated rings. The van der Waals surface area contributed by atoms with Crippen LogP contribution in [-0.4, -0.2) is 23.7 Å². The Bertz CT molecular complexity index is 528. The Morgan fingerprint density at radius 2 is 2.05 bits per heavy atom. The number of nitrogens with one attached hydrogen (secondary N) is 2. The van der Waals surface area contributed by atoms with Crippen LogP contribution in [0.4, 0.5) is 10.5 Å². The molecule has 1 atom stereocenters. The van der Waals surface area contributed by atoms with E-state index in [0.29, 0.717) is 6.42 Å². The summed E-state index contributed by atoms with van der Waals surface area (Å²) in [5, 5.41) is 14.4. The second kappa shape index (κ2) is 7.11. The molecule has 2 amide bonds. The fraction of sp³-hybridized carbons (Fsp3) is 0.500. The highest BCUT2D eigenvalue weighted by molar-refractivity contribution is 5.90. The van der Waals surface area contributed by atoms with Crippen molar-refractivity contribution < 1.29 is 14.7 Å². The number of carbonyl (C=O) groups is 2. The molecule has 0 spiro atoms. The highest BCUT2D eigenvalue weighted by Gasteiger charge is 2.17. The first-order valence-electron chi connectivity index (χ1n) is 7.50. The molecule has 3 N–H and O–H groups in total. The van der Waals surface area contributed by atoms with Crippen LogP contribution in [0.2, 0.25) is 0 Å². The number of anilines is 1. The van der Waals surface area contributed by atoms with Gasteiger partial charge in [-0.2, -0.15) is 0 Å². The lowest BCUT2D eigenvalue weighted by atomic mass is 9.90. The summed E-state index contributed by atoms with van der Waals surface area (Å²) in [5.74, 6) is -1.42. The number of rotatable bonds is 5. The van der Waals surface area contributed by atoms with Crippen LogP contribution in [0.3, 0.4) is 0 Å². The lowest BCUT2D eigenvalue weighted by Crippen LogP contribution is -2.35. The maximum Gasteiger partial charge on any atom is 0.319 e. The number of hydrogen-bond acceptors (Lipinski definition) is 2. The topological polar surface area (TPSA) is 78.4 Å². The van der Waals surface area contributed by atoms with Crippen LogP contribution >= 0.6 is 0 Å². The SMILES string of the molecule is CCC(CNC(=O)Nc1cccc2c1CCCC2)C(=O)O. The van der Waals surface area contributed by atoms with E-state index in [9.17, 15) is 9.59 Å². The highest BCUT2D eigenvalue weighted by atomic mass is 16.4. The summed E-state index contributed by atoms with van der Waals surface area (Å²) in [7, 11) is 0. The first-order chi connectivity index (χ1) is 10.1. The molecule has 1 aromatic rings. The van der Waals surface area contributed by atoms with E-state index in [0.717, 1.165) is 24.9 Å². The molecule has 114 valence electrons. The van der Waals surface area contributed by atoms with Gasteiger partial charge < -0.3 is 15.7 Å². The first-order valence-corrected chi connectivity index (χ1v) is 7.50. The van der Waals surface area contributed by atoms with Gasteiger partial charge in [0, 0.05) is 12.2 Å². The van der Waals surface area contributed by atoms with Crippen LogP contribution in [0.5, 0.6) is 0 Å². The van der Waals surface area contributed by atoms with Crippen LogP contribution in [0, 0.1) is 5.92 Å². The number of amides is 2. The van der Waals surface area contributed by atoms with E-state index in [1.165, 1.54) is 17.5 Å². The number of hydrogen-bond donors (Lipinski definition) is 3. The van der Waals surface area contributed by atoms with E-state index >= 15 is 0 Å². The molecule has 1 aliphatic carbocycles. The van der Waals surface area contributed by atoms with Gasteiger partial charge in [-0.1, -0.05) is 19.1 Å². The molecule has 1 aliphatic rings. The van der Waals surface area contributed by atoms with Crippen LogP contribution in [0.25, 0.3) is 0 Å². The zero-order chi connectivity index (χ0) is 15.2. The average molecular weight is 290 g/mol. The molecule has 0 aliphatic heterocycles. The fourth-order valence-corrected chi connectivity index (χ4v) is 2.69. The molecular formula is C16H22N2O3. The summed E-state index contributed by atoms with van der Waals surface area (Å²) >= 11 is 0. The van der Waals surface area contributed by atoms with Crippen molar-refractivity contribution in [2.75, 3.05) is 11.9 Å². The Morgan fingerprint density at radius 1 is 1.29 bits per heavy atom. The molecule has 5 heteroatoms. The molecule has 0 saturated carbocycles. The molecule has 5 nitrogen and oxygen atoms in total. The van der Waals surface area contributed by atoms with E-state index in [4.69, 9.17) is 5.11 Å². The van der Waals surface area contributed by atoms with E-state index in [2.05, 4.69) is 16.7 Å². The standard InChI is InChI=1S/C16H22N2O3/c1-2-11(15(19)20)10-17-16(21)18-14-9-5-7-12-6-3-4-8-13(12)14/h5,7,9,11H,2-4,6,8,10H2,1H3,(H,19,20)(H2,17,18,21). The third-order valence-electron chi connectivity index (χ3n) is 4.00. The number of carboxylic acids is 1. The molecule has 0 bridgehead atoms. The monoisotopic (exact) mass is 290 g/mol. The number of fused-ring (bicyclic) bond motifs is 1. The van der Waals surface area contributed by atoms with E-state index in [-0.39, 0.29) is 12.6 Å². The Kier molecular flexibility index (Phi) is 5.20. The second-order valence-electron chi connectivity index (χ2n) is 5.43. The predicted molar refractivity (Wildman–Crippen MR) is 81.5 cm³/mol. The number of carboxylic acid groups (broad SMARTS) is 1. The smallest absolute Gasteiger partial charge is 0.319 e. The Hall–Kier alpha value is -2.04. The third kappa shape index (κ3) is 3.97. The molecule has 0 radical (unpaired) electrons.